The summed E-state index contributed by atoms with van der Waals surface area (Å²) in [6.45, 7) is 8.57. The lowest BCUT2D eigenvalue weighted by Gasteiger charge is -2.29. The zero-order chi connectivity index (χ0) is 14.8. The molecule has 21 heavy (non-hydrogen) atoms. The van der Waals surface area contributed by atoms with Crippen LogP contribution in [0.5, 0.6) is 0 Å². The summed E-state index contributed by atoms with van der Waals surface area (Å²) in [6.07, 6.45) is 6.03. The molecule has 2 N–H and O–H groups in total. The molecule has 0 aromatic carbocycles. The topological polar surface area (TPSA) is 44.4 Å². The van der Waals surface area contributed by atoms with Crippen LogP contribution in [0.25, 0.3) is 0 Å². The maximum Gasteiger partial charge on any atom is 0.234 e. The van der Waals surface area contributed by atoms with Crippen LogP contribution in [0.4, 0.5) is 0 Å². The number of nitrogens with zero attached hydrogens (tertiary/aromatic N) is 1. The summed E-state index contributed by atoms with van der Waals surface area (Å²) in [5.74, 6) is 2.62. The van der Waals surface area contributed by atoms with Crippen molar-refractivity contribution in [3.63, 3.8) is 0 Å². The molecule has 2 aliphatic heterocycles. The summed E-state index contributed by atoms with van der Waals surface area (Å²) >= 11 is 0. The number of amides is 1. The van der Waals surface area contributed by atoms with Crippen LogP contribution in [0, 0.1) is 17.8 Å². The fraction of sp³-hybridized carbons (Fsp3) is 0.941. The van der Waals surface area contributed by atoms with Crippen LogP contribution in [0.3, 0.4) is 0 Å². The van der Waals surface area contributed by atoms with Gasteiger partial charge in [0.15, 0.2) is 0 Å². The number of rotatable bonds is 4. The van der Waals surface area contributed by atoms with Gasteiger partial charge in [0, 0.05) is 18.6 Å². The SMILES string of the molecule is CCC1C2CNCC2CN1CC(=O)NC1CCC(C)CC1. The van der Waals surface area contributed by atoms with Crippen molar-refractivity contribution in [3.05, 3.63) is 0 Å². The molecule has 1 saturated carbocycles. The van der Waals surface area contributed by atoms with E-state index in [1.165, 1.54) is 25.7 Å². The van der Waals surface area contributed by atoms with Crippen molar-refractivity contribution in [3.8, 4) is 0 Å². The fourth-order valence-electron chi connectivity index (χ4n) is 4.72. The molecule has 1 aliphatic carbocycles. The van der Waals surface area contributed by atoms with E-state index >= 15 is 0 Å². The zero-order valence-electron chi connectivity index (χ0n) is 13.6. The molecule has 2 heterocycles. The van der Waals surface area contributed by atoms with E-state index in [2.05, 4.69) is 29.4 Å². The molecular formula is C17H31N3O. The van der Waals surface area contributed by atoms with Gasteiger partial charge in [-0.3, -0.25) is 9.69 Å². The third kappa shape index (κ3) is 3.42. The summed E-state index contributed by atoms with van der Waals surface area (Å²) in [5, 5.41) is 6.79. The van der Waals surface area contributed by atoms with Crippen molar-refractivity contribution in [2.75, 3.05) is 26.2 Å². The Balaban J connectivity index is 1.48. The summed E-state index contributed by atoms with van der Waals surface area (Å²) in [5.41, 5.74) is 0. The van der Waals surface area contributed by atoms with Crippen molar-refractivity contribution < 1.29 is 4.79 Å². The van der Waals surface area contributed by atoms with Gasteiger partial charge in [0.05, 0.1) is 6.54 Å². The maximum atomic E-state index is 12.4. The Labute approximate surface area is 129 Å². The Morgan fingerprint density at radius 3 is 2.71 bits per heavy atom. The molecule has 4 heteroatoms. The Bertz CT molecular complexity index is 365. The number of fused-ring (bicyclic) bond motifs is 1. The van der Waals surface area contributed by atoms with E-state index < -0.39 is 0 Å². The van der Waals surface area contributed by atoms with E-state index in [4.69, 9.17) is 0 Å². The van der Waals surface area contributed by atoms with Crippen LogP contribution in [-0.2, 0) is 4.79 Å². The molecule has 120 valence electrons. The van der Waals surface area contributed by atoms with Crippen molar-refractivity contribution in [1.82, 2.24) is 15.5 Å². The molecule has 2 saturated heterocycles. The van der Waals surface area contributed by atoms with E-state index in [-0.39, 0.29) is 5.91 Å². The molecule has 0 bridgehead atoms. The Morgan fingerprint density at radius 2 is 2.00 bits per heavy atom. The first kappa shape index (κ1) is 15.3. The van der Waals surface area contributed by atoms with E-state index in [0.717, 1.165) is 43.8 Å². The second kappa shape index (κ2) is 6.66. The smallest absolute Gasteiger partial charge is 0.234 e. The maximum absolute atomic E-state index is 12.4. The van der Waals surface area contributed by atoms with Gasteiger partial charge in [0.2, 0.25) is 5.91 Å². The normalized spacial score (nSPS) is 40.2. The van der Waals surface area contributed by atoms with Crippen LogP contribution in [0.2, 0.25) is 0 Å². The van der Waals surface area contributed by atoms with E-state index in [9.17, 15) is 4.79 Å². The van der Waals surface area contributed by atoms with Crippen molar-refractivity contribution >= 4 is 5.91 Å². The molecule has 0 aromatic heterocycles. The van der Waals surface area contributed by atoms with E-state index in [1.54, 1.807) is 0 Å². The molecule has 3 unspecified atom stereocenters. The second-order valence-corrected chi connectivity index (χ2v) is 7.51. The Morgan fingerprint density at radius 1 is 1.24 bits per heavy atom. The largest absolute Gasteiger partial charge is 0.352 e. The van der Waals surface area contributed by atoms with E-state index in [1.807, 2.05) is 0 Å². The van der Waals surface area contributed by atoms with Crippen LogP contribution < -0.4 is 10.6 Å². The lowest BCUT2D eigenvalue weighted by atomic mass is 9.87. The average molecular weight is 293 g/mol. The molecule has 0 aromatic rings. The predicted octanol–water partition coefficient (Wildman–Crippen LogP) is 1.61. The number of nitrogens with one attached hydrogen (secondary N) is 2. The van der Waals surface area contributed by atoms with Crippen molar-refractivity contribution in [1.29, 1.82) is 0 Å². The summed E-state index contributed by atoms with van der Waals surface area (Å²) < 4.78 is 0. The second-order valence-electron chi connectivity index (χ2n) is 7.51. The van der Waals surface area contributed by atoms with Crippen LogP contribution in [-0.4, -0.2) is 49.1 Å². The van der Waals surface area contributed by atoms with Gasteiger partial charge in [-0.2, -0.15) is 0 Å². The molecule has 0 spiro atoms. The van der Waals surface area contributed by atoms with Gasteiger partial charge in [-0.15, -0.1) is 0 Å². The third-order valence-electron chi connectivity index (χ3n) is 5.97. The highest BCUT2D eigenvalue weighted by molar-refractivity contribution is 5.78. The van der Waals surface area contributed by atoms with Crippen LogP contribution in [0.15, 0.2) is 0 Å². The monoisotopic (exact) mass is 293 g/mol. The zero-order valence-corrected chi connectivity index (χ0v) is 13.6. The number of hydrogen-bond donors (Lipinski definition) is 2. The first-order chi connectivity index (χ1) is 10.2. The standard InChI is InChI=1S/C17H31N3O/c1-3-16-15-9-18-8-13(15)10-20(16)11-17(21)19-14-6-4-12(2)5-7-14/h12-16,18H,3-11H2,1-2H3,(H,19,21). The summed E-state index contributed by atoms with van der Waals surface area (Å²) in [4.78, 5) is 14.8. The van der Waals surface area contributed by atoms with Crippen LogP contribution in [0.1, 0.15) is 46.0 Å². The molecule has 4 nitrogen and oxygen atoms in total. The highest BCUT2D eigenvalue weighted by Crippen LogP contribution is 2.33. The van der Waals surface area contributed by atoms with Gasteiger partial charge in [-0.05, 0) is 62.9 Å². The molecule has 3 aliphatic rings. The Hall–Kier alpha value is -0.610. The van der Waals surface area contributed by atoms with Crippen molar-refractivity contribution in [2.45, 2.75) is 58.0 Å². The summed E-state index contributed by atoms with van der Waals surface area (Å²) in [7, 11) is 0. The van der Waals surface area contributed by atoms with Gasteiger partial charge in [-0.1, -0.05) is 13.8 Å². The lowest BCUT2D eigenvalue weighted by Crippen LogP contribution is -2.45. The van der Waals surface area contributed by atoms with E-state index in [0.29, 0.717) is 18.6 Å². The predicted molar refractivity (Wildman–Crippen MR) is 85.1 cm³/mol. The molecular weight excluding hydrogens is 262 g/mol. The number of carbonyl (C=O) groups is 1. The summed E-state index contributed by atoms with van der Waals surface area (Å²) in [6, 6.07) is 1.03. The van der Waals surface area contributed by atoms with Gasteiger partial charge in [0.25, 0.3) is 0 Å². The average Bonchev–Trinajstić information content (AvgIpc) is 3.01. The minimum absolute atomic E-state index is 0.251. The first-order valence-corrected chi connectivity index (χ1v) is 8.91. The molecule has 3 rings (SSSR count). The minimum atomic E-state index is 0.251. The highest BCUT2D eigenvalue weighted by Gasteiger charge is 2.43. The van der Waals surface area contributed by atoms with Gasteiger partial charge >= 0.3 is 0 Å². The highest BCUT2D eigenvalue weighted by atomic mass is 16.2. The Kier molecular flexibility index (Phi) is 4.85. The number of carbonyl (C=O) groups excluding carboxylic acids is 1. The first-order valence-electron chi connectivity index (χ1n) is 8.91. The van der Waals surface area contributed by atoms with Crippen LogP contribution >= 0.6 is 0 Å². The van der Waals surface area contributed by atoms with Gasteiger partial charge in [-0.25, -0.2) is 0 Å². The number of likely N-dealkylation sites (tertiary alicyclic amines) is 1. The van der Waals surface area contributed by atoms with Gasteiger partial charge < -0.3 is 10.6 Å². The fourth-order valence-corrected chi connectivity index (χ4v) is 4.72. The molecule has 3 atom stereocenters. The molecule has 0 radical (unpaired) electrons. The quantitative estimate of drug-likeness (QED) is 0.828. The molecule has 3 fully saturated rings. The number of hydrogen-bond acceptors (Lipinski definition) is 3. The van der Waals surface area contributed by atoms with Gasteiger partial charge in [0.1, 0.15) is 0 Å². The van der Waals surface area contributed by atoms with Crippen molar-refractivity contribution in [2.24, 2.45) is 17.8 Å². The lowest BCUT2D eigenvalue weighted by molar-refractivity contribution is -0.123. The minimum Gasteiger partial charge on any atom is -0.352 e. The third-order valence-corrected chi connectivity index (χ3v) is 5.97. The molecule has 1 amide bonds.